The second-order valence-corrected chi connectivity index (χ2v) is 2.88. The number of aromatic nitrogens is 2. The fraction of sp³-hybridized carbons (Fsp3) is 0. The van der Waals surface area contributed by atoms with Gasteiger partial charge in [-0.15, -0.1) is 0 Å². The molecule has 0 aliphatic heterocycles. The van der Waals surface area contributed by atoms with Crippen LogP contribution in [0.4, 0.5) is 21.7 Å². The predicted octanol–water partition coefficient (Wildman–Crippen LogP) is 1.74. The minimum Gasteiger partial charge on any atom is -0.384 e. The Bertz CT molecular complexity index is 472. The Labute approximate surface area is 86.0 Å². The molecule has 0 saturated carbocycles. The number of anilines is 3. The van der Waals surface area contributed by atoms with Crippen molar-refractivity contribution in [2.45, 2.75) is 0 Å². The van der Waals surface area contributed by atoms with E-state index in [1.54, 1.807) is 18.2 Å². The summed E-state index contributed by atoms with van der Waals surface area (Å²) in [6.45, 7) is 0. The highest BCUT2D eigenvalue weighted by atomic mass is 19.1. The second-order valence-electron chi connectivity index (χ2n) is 2.88. The van der Waals surface area contributed by atoms with Crippen LogP contribution in [0.1, 0.15) is 0 Å². The number of para-hydroxylation sites is 1. The molecule has 0 amide bonds. The van der Waals surface area contributed by atoms with Gasteiger partial charge in [-0.2, -0.15) is 0 Å². The first-order valence-corrected chi connectivity index (χ1v) is 4.28. The zero-order valence-corrected chi connectivity index (χ0v) is 7.74. The van der Waals surface area contributed by atoms with Gasteiger partial charge in [-0.1, -0.05) is 12.1 Å². The molecule has 0 saturated heterocycles. The molecule has 5 heteroatoms. The molecular weight excluding hydrogens is 195 g/mol. The summed E-state index contributed by atoms with van der Waals surface area (Å²) in [4.78, 5) is 7.39. The Hall–Kier alpha value is -2.17. The fourth-order valence-corrected chi connectivity index (χ4v) is 1.11. The van der Waals surface area contributed by atoms with E-state index in [0.717, 1.165) is 0 Å². The highest BCUT2D eigenvalue weighted by Crippen LogP contribution is 2.17. The maximum absolute atomic E-state index is 13.2. The van der Waals surface area contributed by atoms with Gasteiger partial charge in [0.05, 0.1) is 5.69 Å². The van der Waals surface area contributed by atoms with Gasteiger partial charge >= 0.3 is 0 Å². The number of rotatable bonds is 2. The van der Waals surface area contributed by atoms with Gasteiger partial charge in [0, 0.05) is 6.07 Å². The average molecular weight is 203 g/mol. The van der Waals surface area contributed by atoms with Crippen molar-refractivity contribution in [1.29, 1.82) is 0 Å². The van der Waals surface area contributed by atoms with Gasteiger partial charge < -0.3 is 11.1 Å². The van der Waals surface area contributed by atoms with Crippen LogP contribution in [-0.2, 0) is 0 Å². The van der Waals surface area contributed by atoms with Crippen molar-refractivity contribution in [1.82, 2.24) is 9.97 Å². The molecule has 0 spiro atoms. The first-order valence-electron chi connectivity index (χ1n) is 4.28. The summed E-state index contributed by atoms with van der Waals surface area (Å²) in [5.41, 5.74) is 5.77. The Morgan fingerprint density at radius 1 is 1.27 bits per heavy atom. The van der Waals surface area contributed by atoms with E-state index in [0.29, 0.717) is 11.5 Å². The number of hydrogen-bond acceptors (Lipinski definition) is 4. The third-order valence-corrected chi connectivity index (χ3v) is 1.77. The lowest BCUT2D eigenvalue weighted by Gasteiger charge is -2.05. The maximum Gasteiger partial charge on any atom is 0.201 e. The van der Waals surface area contributed by atoms with Crippen molar-refractivity contribution in [3.8, 4) is 0 Å². The zero-order valence-electron chi connectivity index (χ0n) is 7.74. The minimum absolute atomic E-state index is 0.281. The van der Waals surface area contributed by atoms with Gasteiger partial charge in [0.15, 0.2) is 0 Å². The largest absolute Gasteiger partial charge is 0.384 e. The van der Waals surface area contributed by atoms with Gasteiger partial charge in [-0.3, -0.25) is 0 Å². The van der Waals surface area contributed by atoms with Gasteiger partial charge in [0.25, 0.3) is 0 Å². The summed E-state index contributed by atoms with van der Waals surface area (Å²) in [5.74, 6) is 0.339. The van der Waals surface area contributed by atoms with E-state index in [2.05, 4.69) is 21.6 Å². The highest BCUT2D eigenvalue weighted by Gasteiger charge is 2.01. The number of halogens is 1. The molecule has 0 aliphatic carbocycles. The second kappa shape index (κ2) is 3.91. The van der Waals surface area contributed by atoms with E-state index in [4.69, 9.17) is 5.73 Å². The van der Waals surface area contributed by atoms with Crippen molar-refractivity contribution in [2.24, 2.45) is 0 Å². The minimum atomic E-state index is -0.352. The molecule has 1 aromatic heterocycles. The van der Waals surface area contributed by atoms with Crippen LogP contribution in [0.25, 0.3) is 0 Å². The molecule has 75 valence electrons. The molecule has 2 aromatic rings. The molecule has 2 rings (SSSR count). The van der Waals surface area contributed by atoms with Crippen LogP contribution in [0.2, 0.25) is 0 Å². The third kappa shape index (κ3) is 2.19. The van der Waals surface area contributed by atoms with E-state index in [1.807, 2.05) is 0 Å². The summed E-state index contributed by atoms with van der Waals surface area (Å²) in [5, 5.41) is 2.78. The predicted molar refractivity (Wildman–Crippen MR) is 55.0 cm³/mol. The number of benzene rings is 1. The van der Waals surface area contributed by atoms with Gasteiger partial charge in [-0.25, -0.2) is 14.4 Å². The lowest BCUT2D eigenvalue weighted by molar-refractivity contribution is 0.632. The quantitative estimate of drug-likeness (QED) is 0.780. The van der Waals surface area contributed by atoms with Crippen LogP contribution in [0.15, 0.2) is 30.3 Å². The number of nitrogens with two attached hydrogens (primary N) is 1. The molecule has 3 N–H and O–H groups in total. The van der Waals surface area contributed by atoms with Crippen LogP contribution >= 0.6 is 0 Å². The van der Waals surface area contributed by atoms with Gasteiger partial charge in [0.1, 0.15) is 17.5 Å². The molecule has 4 nitrogen and oxygen atoms in total. The molecule has 1 aromatic carbocycles. The molecule has 15 heavy (non-hydrogen) atoms. The standard InChI is InChI=1S/C10H8FN4/c11-7-3-1-2-4-8(7)15-10-5-9(12)13-6-14-10/h1-5H,(H3,12,13,14,15). The molecule has 0 atom stereocenters. The topological polar surface area (TPSA) is 63.8 Å². The number of nitrogens with zero attached hydrogens (tertiary/aromatic N) is 2. The van der Waals surface area contributed by atoms with E-state index in [1.165, 1.54) is 12.1 Å². The molecule has 1 heterocycles. The fourth-order valence-electron chi connectivity index (χ4n) is 1.11. The summed E-state index contributed by atoms with van der Waals surface area (Å²) in [7, 11) is 0. The Morgan fingerprint density at radius 3 is 2.80 bits per heavy atom. The first kappa shape index (κ1) is 9.39. The Kier molecular flexibility index (Phi) is 2.45. The summed E-state index contributed by atoms with van der Waals surface area (Å²) < 4.78 is 13.2. The monoisotopic (exact) mass is 203 g/mol. The molecule has 0 unspecified atom stereocenters. The molecule has 0 bridgehead atoms. The Balaban J connectivity index is 2.26. The van der Waals surface area contributed by atoms with Crippen molar-refractivity contribution in [2.75, 3.05) is 11.1 Å². The van der Waals surface area contributed by atoms with Gasteiger partial charge in [-0.05, 0) is 12.1 Å². The van der Waals surface area contributed by atoms with Crippen molar-refractivity contribution >= 4 is 17.3 Å². The summed E-state index contributed by atoms with van der Waals surface area (Å²) >= 11 is 0. The summed E-state index contributed by atoms with van der Waals surface area (Å²) in [6, 6.07) is 7.80. The van der Waals surface area contributed by atoms with E-state index in [9.17, 15) is 4.39 Å². The number of nitrogen functional groups attached to an aromatic ring is 1. The highest BCUT2D eigenvalue weighted by molar-refractivity contribution is 5.58. The lowest BCUT2D eigenvalue weighted by Crippen LogP contribution is -1.98. The van der Waals surface area contributed by atoms with Crippen LogP contribution in [0.3, 0.4) is 0 Å². The summed E-state index contributed by atoms with van der Waals surface area (Å²) in [6.07, 6.45) is 2.36. The average Bonchev–Trinajstić information content (AvgIpc) is 2.22. The lowest BCUT2D eigenvalue weighted by atomic mass is 10.3. The van der Waals surface area contributed by atoms with Crippen molar-refractivity contribution < 1.29 is 4.39 Å². The van der Waals surface area contributed by atoms with Crippen LogP contribution in [0, 0.1) is 12.1 Å². The van der Waals surface area contributed by atoms with E-state index in [-0.39, 0.29) is 11.6 Å². The SMILES string of the molecule is Nc1cc(Nc2ccccc2F)n[c]n1. The van der Waals surface area contributed by atoms with E-state index < -0.39 is 0 Å². The first-order chi connectivity index (χ1) is 7.25. The molecule has 1 radical (unpaired) electrons. The number of nitrogens with one attached hydrogen (secondary N) is 1. The maximum atomic E-state index is 13.2. The van der Waals surface area contributed by atoms with Crippen LogP contribution < -0.4 is 11.1 Å². The smallest absolute Gasteiger partial charge is 0.201 e. The van der Waals surface area contributed by atoms with Gasteiger partial charge in [0.2, 0.25) is 6.33 Å². The number of hydrogen-bond donors (Lipinski definition) is 2. The molecule has 0 aliphatic rings. The normalized spacial score (nSPS) is 9.93. The third-order valence-electron chi connectivity index (χ3n) is 1.77. The van der Waals surface area contributed by atoms with Crippen molar-refractivity contribution in [3.05, 3.63) is 42.5 Å². The Morgan fingerprint density at radius 2 is 2.07 bits per heavy atom. The van der Waals surface area contributed by atoms with Crippen LogP contribution in [-0.4, -0.2) is 9.97 Å². The van der Waals surface area contributed by atoms with Crippen molar-refractivity contribution in [3.63, 3.8) is 0 Å². The van der Waals surface area contributed by atoms with Crippen LogP contribution in [0.5, 0.6) is 0 Å². The molecule has 0 fully saturated rings. The molecular formula is C10H8FN4. The zero-order chi connectivity index (χ0) is 10.7. The van der Waals surface area contributed by atoms with E-state index >= 15 is 0 Å².